The molecule has 1 aromatic carbocycles. The molecule has 6 heterocycles. The van der Waals surface area contributed by atoms with Gasteiger partial charge in [-0.25, -0.2) is 9.36 Å². The minimum Gasteiger partial charge on any atom is -0.328 e. The van der Waals surface area contributed by atoms with Gasteiger partial charge in [0.1, 0.15) is 12.1 Å². The maximum atomic E-state index is 13.5. The van der Waals surface area contributed by atoms with Crippen LogP contribution in [0.5, 0.6) is 0 Å². The third-order valence-electron chi connectivity index (χ3n) is 9.42. The summed E-state index contributed by atoms with van der Waals surface area (Å²) in [4.78, 5) is 45.5. The van der Waals surface area contributed by atoms with Crippen LogP contribution >= 0.6 is 23.5 Å². The fourth-order valence-electron chi connectivity index (χ4n) is 7.12. The van der Waals surface area contributed by atoms with Crippen molar-refractivity contribution in [2.45, 2.75) is 72.4 Å². The smallest absolute Gasteiger partial charge is 0.227 e. The highest BCUT2D eigenvalue weighted by Crippen LogP contribution is 2.43. The zero-order chi connectivity index (χ0) is 33.6. The number of hydrogen-bond acceptors (Lipinski definition) is 12. The lowest BCUT2D eigenvalue weighted by atomic mass is 9.83. The number of Topliss-reactive ketones (excluding diaryl/α,β-unsaturated/α-hetero) is 2. The van der Waals surface area contributed by atoms with Gasteiger partial charge in [-0.3, -0.25) is 19.6 Å². The van der Waals surface area contributed by atoms with Crippen molar-refractivity contribution in [1.82, 2.24) is 39.5 Å². The molecule has 9 rings (SSSR count). The molecule has 2 atom stereocenters. The van der Waals surface area contributed by atoms with Crippen LogP contribution in [0.25, 0.3) is 0 Å². The van der Waals surface area contributed by atoms with Crippen molar-refractivity contribution in [2.24, 2.45) is 0 Å². The van der Waals surface area contributed by atoms with Crippen molar-refractivity contribution in [2.75, 3.05) is 10.6 Å². The van der Waals surface area contributed by atoms with E-state index in [1.807, 2.05) is 70.0 Å². The molecule has 0 amide bonds. The van der Waals surface area contributed by atoms with E-state index in [9.17, 15) is 9.59 Å². The van der Waals surface area contributed by atoms with Crippen molar-refractivity contribution >= 4 is 47.0 Å². The first kappa shape index (κ1) is 30.9. The summed E-state index contributed by atoms with van der Waals surface area (Å²) in [5, 5.41) is 17.9. The summed E-state index contributed by atoms with van der Waals surface area (Å²) in [5.74, 6) is 2.77. The van der Waals surface area contributed by atoms with Crippen LogP contribution in [-0.4, -0.2) is 51.1 Å². The summed E-state index contributed by atoms with van der Waals surface area (Å²) >= 11 is 3.03. The highest BCUT2D eigenvalue weighted by molar-refractivity contribution is 7.98. The average molecular weight is 701 g/mol. The predicted molar refractivity (Wildman–Crippen MR) is 189 cm³/mol. The summed E-state index contributed by atoms with van der Waals surface area (Å²) in [7, 11) is 0. The molecule has 2 aliphatic heterocycles. The second-order valence-corrected chi connectivity index (χ2v) is 14.5. The van der Waals surface area contributed by atoms with E-state index in [-0.39, 0.29) is 11.6 Å². The van der Waals surface area contributed by atoms with Gasteiger partial charge in [0, 0.05) is 59.3 Å². The number of nitrogens with one attached hydrogen (secondary N) is 2. The van der Waals surface area contributed by atoms with E-state index in [2.05, 4.69) is 20.6 Å². The maximum Gasteiger partial charge on any atom is 0.227 e. The number of nitrogens with zero attached hydrogens (tertiary/aromatic N) is 8. The number of ketones is 2. The number of allylic oxidation sites excluding steroid dienone is 4. The van der Waals surface area contributed by atoms with Gasteiger partial charge >= 0.3 is 0 Å². The van der Waals surface area contributed by atoms with Gasteiger partial charge in [-0.05, 0) is 61.1 Å². The van der Waals surface area contributed by atoms with Gasteiger partial charge in [-0.1, -0.05) is 59.9 Å². The van der Waals surface area contributed by atoms with Crippen LogP contribution < -0.4 is 10.6 Å². The Labute approximate surface area is 296 Å². The fourth-order valence-corrected chi connectivity index (χ4v) is 8.61. The molecule has 0 radical (unpaired) electrons. The molecule has 4 aromatic heterocycles. The number of thioether (sulfide) groups is 2. The lowest BCUT2D eigenvalue weighted by Gasteiger charge is -2.33. The molecular formula is C36H32N10O2S2. The normalized spacial score (nSPS) is 19.7. The second-order valence-electron chi connectivity index (χ2n) is 12.6. The monoisotopic (exact) mass is 700 g/mol. The largest absolute Gasteiger partial charge is 0.328 e. The summed E-state index contributed by atoms with van der Waals surface area (Å²) in [6.45, 7) is 0. The Balaban J connectivity index is 1.06. The minimum atomic E-state index is -0.421. The first-order valence-electron chi connectivity index (χ1n) is 16.7. The summed E-state index contributed by atoms with van der Waals surface area (Å²) < 4.78 is 3.68. The van der Waals surface area contributed by atoms with Crippen LogP contribution in [0.1, 0.15) is 73.1 Å². The molecular weight excluding hydrogens is 669 g/mol. The highest BCUT2D eigenvalue weighted by Gasteiger charge is 2.39. The SMILES string of the molecule is O=C1CCCC2=C1[C@H](c1ccc([C@H]3C4=C(CCCC4=O)Nc4nc(SCc5ccccn5)nn43)cc1)n1nc(SCc3ccccn3)nc1N2. The van der Waals surface area contributed by atoms with Gasteiger partial charge in [0.05, 0.1) is 11.4 Å². The molecule has 0 bridgehead atoms. The molecule has 50 heavy (non-hydrogen) atoms. The predicted octanol–water partition coefficient (Wildman–Crippen LogP) is 6.29. The molecule has 4 aliphatic rings. The number of carbonyl (C=O) groups is 2. The van der Waals surface area contributed by atoms with E-state index in [0.717, 1.165) is 70.7 Å². The van der Waals surface area contributed by atoms with Crippen molar-refractivity contribution in [3.63, 3.8) is 0 Å². The third kappa shape index (κ3) is 5.71. The van der Waals surface area contributed by atoms with Crippen LogP contribution in [0.4, 0.5) is 11.9 Å². The number of benzene rings is 1. The van der Waals surface area contributed by atoms with Crippen LogP contribution in [0.15, 0.2) is 106 Å². The summed E-state index contributed by atoms with van der Waals surface area (Å²) in [6, 6.07) is 19.1. The number of aromatic nitrogens is 8. The molecule has 0 fully saturated rings. The summed E-state index contributed by atoms with van der Waals surface area (Å²) in [6.07, 6.45) is 7.73. The number of anilines is 2. The molecule has 2 N–H and O–H groups in total. The van der Waals surface area contributed by atoms with E-state index in [1.165, 1.54) is 23.5 Å². The molecule has 0 saturated carbocycles. The Kier molecular flexibility index (Phi) is 8.04. The quantitative estimate of drug-likeness (QED) is 0.176. The molecule has 2 aliphatic carbocycles. The van der Waals surface area contributed by atoms with Gasteiger partial charge in [0.2, 0.25) is 22.2 Å². The molecule has 5 aromatic rings. The van der Waals surface area contributed by atoms with Crippen molar-refractivity contribution in [1.29, 1.82) is 0 Å². The Morgan fingerprint density at radius 2 is 1.08 bits per heavy atom. The Morgan fingerprint density at radius 3 is 1.50 bits per heavy atom. The first-order chi connectivity index (χ1) is 24.6. The van der Waals surface area contributed by atoms with Crippen molar-refractivity contribution in [3.05, 3.63) is 118 Å². The fraction of sp³-hybridized carbons (Fsp3) is 0.278. The second kappa shape index (κ2) is 13.0. The number of rotatable bonds is 8. The van der Waals surface area contributed by atoms with E-state index in [0.29, 0.717) is 46.6 Å². The highest BCUT2D eigenvalue weighted by atomic mass is 32.2. The lowest BCUT2D eigenvalue weighted by Crippen LogP contribution is -2.32. The Hall–Kier alpha value is -5.08. The maximum absolute atomic E-state index is 13.5. The van der Waals surface area contributed by atoms with E-state index >= 15 is 0 Å². The number of hydrogen-bond donors (Lipinski definition) is 2. The Bertz CT molecular complexity index is 2020. The lowest BCUT2D eigenvalue weighted by molar-refractivity contribution is -0.117. The van der Waals surface area contributed by atoms with E-state index in [4.69, 9.17) is 20.2 Å². The summed E-state index contributed by atoms with van der Waals surface area (Å²) in [5.41, 5.74) is 7.05. The van der Waals surface area contributed by atoms with Crippen LogP contribution in [0.2, 0.25) is 0 Å². The number of fused-ring (bicyclic) bond motifs is 2. The molecule has 250 valence electrons. The number of pyridine rings is 2. The Morgan fingerprint density at radius 1 is 0.620 bits per heavy atom. The topological polar surface area (TPSA) is 145 Å². The molecule has 12 nitrogen and oxygen atoms in total. The first-order valence-corrected chi connectivity index (χ1v) is 18.7. The molecule has 0 unspecified atom stereocenters. The van der Waals surface area contributed by atoms with Gasteiger partial charge in [0.25, 0.3) is 0 Å². The molecule has 0 saturated heterocycles. The zero-order valence-electron chi connectivity index (χ0n) is 27.0. The van der Waals surface area contributed by atoms with Crippen LogP contribution in [-0.2, 0) is 21.1 Å². The minimum absolute atomic E-state index is 0.126. The standard InChI is InChI=1S/C36H32N10O2S2/c47-27-11-5-9-25-29(27)31(45-33(39-25)41-35(43-45)49-19-23-7-1-3-17-37-23)21-13-15-22(16-14-21)32-30-26(10-6-12-28(30)48)40-34-42-36(44-46(32)34)50-20-24-8-2-4-18-38-24/h1-4,7-8,13-18,31-32H,5-6,9-12,19-20H2,(H,39,41,43)(H,40,42,44)/t31-,32-/m0/s1. The van der Waals surface area contributed by atoms with Gasteiger partial charge in [-0.15, -0.1) is 10.2 Å². The van der Waals surface area contributed by atoms with Gasteiger partial charge in [0.15, 0.2) is 11.6 Å². The molecule has 0 spiro atoms. The van der Waals surface area contributed by atoms with Gasteiger partial charge < -0.3 is 10.6 Å². The molecule has 14 heteroatoms. The van der Waals surface area contributed by atoms with Gasteiger partial charge in [-0.2, -0.15) is 9.97 Å². The van der Waals surface area contributed by atoms with E-state index in [1.54, 1.807) is 12.4 Å². The van der Waals surface area contributed by atoms with Crippen molar-refractivity contribution < 1.29 is 9.59 Å². The average Bonchev–Trinajstić information content (AvgIpc) is 3.76. The zero-order valence-corrected chi connectivity index (χ0v) is 28.6. The third-order valence-corrected chi connectivity index (χ3v) is 11.2. The number of carbonyl (C=O) groups excluding carboxylic acids is 2. The van der Waals surface area contributed by atoms with Crippen LogP contribution in [0, 0.1) is 0 Å². The van der Waals surface area contributed by atoms with Crippen molar-refractivity contribution in [3.8, 4) is 0 Å². The van der Waals surface area contributed by atoms with Crippen LogP contribution in [0.3, 0.4) is 0 Å². The van der Waals surface area contributed by atoms with E-state index < -0.39 is 12.1 Å².